The molecule has 0 radical (unpaired) electrons. The van der Waals surface area contributed by atoms with Gasteiger partial charge in [-0.25, -0.2) is 9.97 Å². The summed E-state index contributed by atoms with van der Waals surface area (Å²) in [5.41, 5.74) is 2.47. The fourth-order valence-corrected chi connectivity index (χ4v) is 3.60. The van der Waals surface area contributed by atoms with Gasteiger partial charge >= 0.3 is 0 Å². The normalized spacial score (nSPS) is 20.8. The van der Waals surface area contributed by atoms with Crippen molar-refractivity contribution in [3.8, 4) is 0 Å². The maximum atomic E-state index is 9.60. The van der Waals surface area contributed by atoms with E-state index in [1.807, 2.05) is 31.2 Å². The Morgan fingerprint density at radius 2 is 2.12 bits per heavy atom. The summed E-state index contributed by atoms with van der Waals surface area (Å²) in [6.07, 6.45) is 1.32. The van der Waals surface area contributed by atoms with Crippen LogP contribution in [0.1, 0.15) is 13.8 Å². The topological polar surface area (TPSA) is 65.6 Å². The minimum Gasteiger partial charge on any atom is -0.450 e. The lowest BCUT2D eigenvalue weighted by Gasteiger charge is -2.40. The molecule has 1 aliphatic rings. The van der Waals surface area contributed by atoms with Crippen LogP contribution in [-0.4, -0.2) is 58.3 Å². The SMILES string of the molecule is CC(O)CN1CCN(c2ncnc3c2oc2ccccc23)C(C)C1. The number of β-amino-alcohol motifs (C(OH)–C–C–N with tert-alkyl or cyclic N) is 1. The Kier molecular flexibility index (Phi) is 3.86. The van der Waals surface area contributed by atoms with Crippen LogP contribution in [-0.2, 0) is 0 Å². The molecule has 24 heavy (non-hydrogen) atoms. The Hall–Kier alpha value is -2.18. The van der Waals surface area contributed by atoms with Crippen LogP contribution in [0.25, 0.3) is 22.1 Å². The summed E-state index contributed by atoms with van der Waals surface area (Å²) in [6, 6.07) is 8.25. The number of benzene rings is 1. The zero-order valence-electron chi connectivity index (χ0n) is 14.0. The second kappa shape index (κ2) is 6.03. The number of piperazine rings is 1. The Morgan fingerprint density at radius 3 is 2.92 bits per heavy atom. The summed E-state index contributed by atoms with van der Waals surface area (Å²) in [4.78, 5) is 13.5. The van der Waals surface area contributed by atoms with Gasteiger partial charge in [-0.15, -0.1) is 0 Å². The average Bonchev–Trinajstić information content (AvgIpc) is 2.93. The van der Waals surface area contributed by atoms with Crippen LogP contribution >= 0.6 is 0 Å². The van der Waals surface area contributed by atoms with Crippen molar-refractivity contribution < 1.29 is 9.52 Å². The van der Waals surface area contributed by atoms with Crippen LogP contribution < -0.4 is 4.90 Å². The van der Waals surface area contributed by atoms with E-state index < -0.39 is 0 Å². The van der Waals surface area contributed by atoms with E-state index in [1.165, 1.54) is 0 Å². The Bertz CT molecular complexity index is 860. The first kappa shape index (κ1) is 15.4. The number of aliphatic hydroxyl groups is 1. The molecule has 1 saturated heterocycles. The standard InChI is InChI=1S/C18H22N4O2/c1-12-9-21(10-13(2)23)7-8-22(12)18-17-16(19-11-20-18)14-5-3-4-6-15(14)24-17/h3-6,11-13,23H,7-10H2,1-2H3. The van der Waals surface area contributed by atoms with E-state index in [2.05, 4.69) is 26.7 Å². The van der Waals surface area contributed by atoms with Gasteiger partial charge in [0.2, 0.25) is 0 Å². The monoisotopic (exact) mass is 326 g/mol. The van der Waals surface area contributed by atoms with Gasteiger partial charge in [-0.05, 0) is 26.0 Å². The smallest absolute Gasteiger partial charge is 0.196 e. The number of fused-ring (bicyclic) bond motifs is 3. The van der Waals surface area contributed by atoms with Crippen molar-refractivity contribution in [2.75, 3.05) is 31.1 Å². The molecule has 0 amide bonds. The highest BCUT2D eigenvalue weighted by molar-refractivity contribution is 6.05. The lowest BCUT2D eigenvalue weighted by Crippen LogP contribution is -2.53. The number of hydrogen-bond donors (Lipinski definition) is 1. The fraction of sp³-hybridized carbons (Fsp3) is 0.444. The van der Waals surface area contributed by atoms with E-state index in [0.29, 0.717) is 12.6 Å². The van der Waals surface area contributed by atoms with Gasteiger partial charge in [0.1, 0.15) is 17.4 Å². The van der Waals surface area contributed by atoms with E-state index in [4.69, 9.17) is 4.42 Å². The third-order valence-corrected chi connectivity index (χ3v) is 4.65. The minimum atomic E-state index is -0.301. The van der Waals surface area contributed by atoms with Gasteiger partial charge in [-0.3, -0.25) is 4.90 Å². The van der Waals surface area contributed by atoms with E-state index in [-0.39, 0.29) is 6.10 Å². The number of nitrogens with zero attached hydrogens (tertiary/aromatic N) is 4. The molecule has 6 nitrogen and oxygen atoms in total. The van der Waals surface area contributed by atoms with Crippen molar-refractivity contribution >= 4 is 27.9 Å². The minimum absolute atomic E-state index is 0.295. The molecule has 2 aromatic heterocycles. The molecule has 3 aromatic rings. The van der Waals surface area contributed by atoms with Gasteiger partial charge in [0.25, 0.3) is 0 Å². The first-order chi connectivity index (χ1) is 11.6. The molecule has 3 heterocycles. The van der Waals surface area contributed by atoms with Gasteiger partial charge in [-0.1, -0.05) is 12.1 Å². The van der Waals surface area contributed by atoms with Crippen molar-refractivity contribution in [2.24, 2.45) is 0 Å². The van der Waals surface area contributed by atoms with Crippen LogP contribution in [0.15, 0.2) is 35.0 Å². The van der Waals surface area contributed by atoms with Crippen LogP contribution in [0.3, 0.4) is 0 Å². The lowest BCUT2D eigenvalue weighted by atomic mass is 10.1. The average molecular weight is 326 g/mol. The zero-order valence-corrected chi connectivity index (χ0v) is 14.0. The summed E-state index contributed by atoms with van der Waals surface area (Å²) in [6.45, 7) is 7.39. The van der Waals surface area contributed by atoms with Crippen LogP contribution in [0, 0.1) is 0 Å². The molecule has 0 bridgehead atoms. The Labute approximate surface area is 140 Å². The molecule has 1 fully saturated rings. The van der Waals surface area contributed by atoms with E-state index in [0.717, 1.165) is 47.5 Å². The molecular formula is C18H22N4O2. The van der Waals surface area contributed by atoms with Crippen LogP contribution in [0.2, 0.25) is 0 Å². The second-order valence-electron chi connectivity index (χ2n) is 6.62. The summed E-state index contributed by atoms with van der Waals surface area (Å²) in [7, 11) is 0. The lowest BCUT2D eigenvalue weighted by molar-refractivity contribution is 0.114. The summed E-state index contributed by atoms with van der Waals surface area (Å²) in [5, 5.41) is 10.6. The van der Waals surface area contributed by atoms with Gasteiger partial charge in [0.05, 0.1) is 6.10 Å². The first-order valence-corrected chi connectivity index (χ1v) is 8.43. The zero-order chi connectivity index (χ0) is 16.7. The van der Waals surface area contributed by atoms with Crippen molar-refractivity contribution in [3.63, 3.8) is 0 Å². The molecule has 6 heteroatoms. The Balaban J connectivity index is 1.69. The van der Waals surface area contributed by atoms with Gasteiger partial charge in [0, 0.05) is 37.6 Å². The summed E-state index contributed by atoms with van der Waals surface area (Å²) in [5.74, 6) is 0.861. The number of aliphatic hydroxyl groups excluding tert-OH is 1. The molecule has 0 saturated carbocycles. The van der Waals surface area contributed by atoms with Gasteiger partial charge in [-0.2, -0.15) is 0 Å². The van der Waals surface area contributed by atoms with Crippen molar-refractivity contribution in [1.29, 1.82) is 0 Å². The molecule has 2 unspecified atom stereocenters. The number of hydrogen-bond acceptors (Lipinski definition) is 6. The highest BCUT2D eigenvalue weighted by Crippen LogP contribution is 2.33. The van der Waals surface area contributed by atoms with Gasteiger partial charge < -0.3 is 14.4 Å². The first-order valence-electron chi connectivity index (χ1n) is 8.43. The fourth-order valence-electron chi connectivity index (χ4n) is 3.60. The third kappa shape index (κ3) is 2.61. The van der Waals surface area contributed by atoms with E-state index in [9.17, 15) is 5.11 Å². The number of furan rings is 1. The van der Waals surface area contributed by atoms with Crippen molar-refractivity contribution in [3.05, 3.63) is 30.6 Å². The van der Waals surface area contributed by atoms with E-state index >= 15 is 0 Å². The molecule has 4 rings (SSSR count). The molecule has 1 aromatic carbocycles. The molecule has 2 atom stereocenters. The van der Waals surface area contributed by atoms with Gasteiger partial charge in [0.15, 0.2) is 11.4 Å². The van der Waals surface area contributed by atoms with E-state index in [1.54, 1.807) is 6.33 Å². The van der Waals surface area contributed by atoms with Crippen LogP contribution in [0.4, 0.5) is 5.82 Å². The molecular weight excluding hydrogens is 304 g/mol. The van der Waals surface area contributed by atoms with Crippen molar-refractivity contribution in [1.82, 2.24) is 14.9 Å². The number of para-hydroxylation sites is 1. The summed E-state index contributed by atoms with van der Waals surface area (Å²) >= 11 is 0. The number of aromatic nitrogens is 2. The maximum absolute atomic E-state index is 9.60. The molecule has 0 spiro atoms. The predicted octanol–water partition coefficient (Wildman–Crippen LogP) is 2.27. The van der Waals surface area contributed by atoms with Crippen molar-refractivity contribution in [2.45, 2.75) is 26.0 Å². The number of anilines is 1. The molecule has 1 aliphatic heterocycles. The maximum Gasteiger partial charge on any atom is 0.196 e. The highest BCUT2D eigenvalue weighted by atomic mass is 16.3. The highest BCUT2D eigenvalue weighted by Gasteiger charge is 2.28. The molecule has 1 N–H and O–H groups in total. The quantitative estimate of drug-likeness (QED) is 0.796. The molecule has 126 valence electrons. The number of rotatable bonds is 3. The Morgan fingerprint density at radius 1 is 1.29 bits per heavy atom. The predicted molar refractivity (Wildman–Crippen MR) is 94.2 cm³/mol. The second-order valence-corrected chi connectivity index (χ2v) is 6.62. The summed E-state index contributed by atoms with van der Waals surface area (Å²) < 4.78 is 6.06. The molecule has 0 aliphatic carbocycles. The van der Waals surface area contributed by atoms with Crippen LogP contribution in [0.5, 0.6) is 0 Å². The largest absolute Gasteiger partial charge is 0.450 e. The third-order valence-electron chi connectivity index (χ3n) is 4.65.